The summed E-state index contributed by atoms with van der Waals surface area (Å²) in [6.45, 7) is 15.3. The zero-order valence-electron chi connectivity index (χ0n) is 38.8. The molecule has 346 valence electrons. The molecule has 0 rings (SSSR count). The molecule has 57 heavy (non-hydrogen) atoms. The quantitative estimate of drug-likeness (QED) is 0.0266. The molecule has 0 aromatic heterocycles. The summed E-state index contributed by atoms with van der Waals surface area (Å²) in [5.74, 6) is 0. The molecular formula is C49H100F3NO3S. The minimum Gasteiger partial charge on any atom is -0.741 e. The van der Waals surface area contributed by atoms with Crippen molar-refractivity contribution in [2.24, 2.45) is 0 Å². The smallest absolute Gasteiger partial charge is 0.485 e. The summed E-state index contributed by atoms with van der Waals surface area (Å²) in [6.07, 6.45) is 58.7. The first kappa shape index (κ1) is 58.8. The van der Waals surface area contributed by atoms with E-state index < -0.39 is 15.6 Å². The van der Waals surface area contributed by atoms with E-state index in [1.54, 1.807) is 0 Å². The van der Waals surface area contributed by atoms with Crippen LogP contribution in [0.1, 0.15) is 285 Å². The molecule has 0 radical (unpaired) electrons. The van der Waals surface area contributed by atoms with Gasteiger partial charge in [-0.15, -0.1) is 0 Å². The second kappa shape index (κ2) is 43.7. The van der Waals surface area contributed by atoms with Gasteiger partial charge in [-0.1, -0.05) is 233 Å². The SMILES string of the molecule is CCCCCCCCCCCC[N+](CCCCCCCCCCCC)(CCCCCCCCCCCC)CCCCCCCCCCCC.O=S(=O)([O-])C(F)(F)F. The molecule has 0 aliphatic carbocycles. The highest BCUT2D eigenvalue weighted by atomic mass is 32.2. The van der Waals surface area contributed by atoms with Crippen molar-refractivity contribution in [3.63, 3.8) is 0 Å². The van der Waals surface area contributed by atoms with Crippen LogP contribution >= 0.6 is 0 Å². The van der Waals surface area contributed by atoms with Gasteiger partial charge in [0.15, 0.2) is 10.1 Å². The minimum absolute atomic E-state index is 1.37. The minimum atomic E-state index is -6.09. The lowest BCUT2D eigenvalue weighted by molar-refractivity contribution is -0.929. The molecule has 0 N–H and O–H groups in total. The molecule has 0 saturated carbocycles. The molecule has 0 fully saturated rings. The Bertz CT molecular complexity index is 782. The van der Waals surface area contributed by atoms with Crippen molar-refractivity contribution in [3.8, 4) is 0 Å². The molecule has 0 aliphatic rings. The predicted molar refractivity (Wildman–Crippen MR) is 243 cm³/mol. The highest BCUT2D eigenvalue weighted by molar-refractivity contribution is 7.86. The second-order valence-corrected chi connectivity index (χ2v) is 19.2. The van der Waals surface area contributed by atoms with Crippen LogP contribution in [0.5, 0.6) is 0 Å². The Labute approximate surface area is 355 Å². The number of unbranched alkanes of at least 4 members (excludes halogenated alkanes) is 36. The highest BCUT2D eigenvalue weighted by Crippen LogP contribution is 2.23. The van der Waals surface area contributed by atoms with E-state index in [2.05, 4.69) is 27.7 Å². The lowest BCUT2D eigenvalue weighted by Crippen LogP contribution is -2.50. The summed E-state index contributed by atoms with van der Waals surface area (Å²) in [5, 5.41) is 0. The van der Waals surface area contributed by atoms with Gasteiger partial charge in [0.25, 0.3) is 0 Å². The summed E-state index contributed by atoms with van der Waals surface area (Å²) in [5.41, 5.74) is -5.65. The predicted octanol–water partition coefficient (Wildman–Crippen LogP) is 17.5. The molecule has 0 amide bonds. The fourth-order valence-corrected chi connectivity index (χ4v) is 8.41. The van der Waals surface area contributed by atoms with Crippen molar-refractivity contribution in [2.45, 2.75) is 290 Å². The number of nitrogens with zero attached hydrogens (tertiary/aromatic N) is 1. The number of rotatable bonds is 44. The van der Waals surface area contributed by atoms with Gasteiger partial charge in [0.2, 0.25) is 0 Å². The van der Waals surface area contributed by atoms with E-state index in [9.17, 15) is 13.2 Å². The third-order valence-electron chi connectivity index (χ3n) is 12.2. The van der Waals surface area contributed by atoms with Gasteiger partial charge in [-0.3, -0.25) is 0 Å². The van der Waals surface area contributed by atoms with Crippen LogP contribution in [0.4, 0.5) is 13.2 Å². The van der Waals surface area contributed by atoms with E-state index in [-0.39, 0.29) is 0 Å². The molecule has 0 aromatic rings. The van der Waals surface area contributed by atoms with Crippen LogP contribution in [-0.4, -0.2) is 49.1 Å². The Hall–Kier alpha value is -0.340. The average Bonchev–Trinajstić information content (AvgIpc) is 3.17. The number of quaternary nitrogens is 1. The van der Waals surface area contributed by atoms with Crippen molar-refractivity contribution in [1.29, 1.82) is 0 Å². The van der Waals surface area contributed by atoms with Crippen LogP contribution in [0.25, 0.3) is 0 Å². The summed E-state index contributed by atoms with van der Waals surface area (Å²) in [6, 6.07) is 0. The third-order valence-corrected chi connectivity index (χ3v) is 12.8. The van der Waals surface area contributed by atoms with E-state index in [0.717, 1.165) is 0 Å². The van der Waals surface area contributed by atoms with Crippen molar-refractivity contribution in [1.82, 2.24) is 0 Å². The standard InChI is InChI=1S/C48H100N.CHF3O3S/c1-5-9-13-17-21-25-29-33-37-41-45-49(46-42-38-34-30-26-22-18-14-10-6-2,47-43-39-35-31-27-23-19-15-11-7-3)48-44-40-36-32-28-24-20-16-12-8-4;2-1(3,4)8(5,6)7/h5-48H2,1-4H3;(H,5,6,7)/q+1;/p-1. The van der Waals surface area contributed by atoms with Crippen LogP contribution in [0.15, 0.2) is 0 Å². The number of alkyl halides is 3. The van der Waals surface area contributed by atoms with Crippen molar-refractivity contribution in [3.05, 3.63) is 0 Å². The fourth-order valence-electron chi connectivity index (χ4n) is 8.41. The van der Waals surface area contributed by atoms with Crippen LogP contribution in [-0.2, 0) is 10.1 Å². The molecule has 0 aromatic carbocycles. The Balaban J connectivity index is 0. The molecule has 0 saturated heterocycles. The highest BCUT2D eigenvalue weighted by Gasteiger charge is 2.37. The van der Waals surface area contributed by atoms with Crippen LogP contribution < -0.4 is 0 Å². The average molecular weight is 840 g/mol. The Morgan fingerprint density at radius 3 is 0.561 bits per heavy atom. The topological polar surface area (TPSA) is 57.2 Å². The summed E-state index contributed by atoms with van der Waals surface area (Å²) in [7, 11) is -6.09. The van der Waals surface area contributed by atoms with Gasteiger partial charge < -0.3 is 9.04 Å². The third kappa shape index (κ3) is 43.6. The molecule has 0 bridgehead atoms. The molecule has 8 heteroatoms. The lowest BCUT2D eigenvalue weighted by atomic mass is 10.0. The van der Waals surface area contributed by atoms with Crippen molar-refractivity contribution in [2.75, 3.05) is 26.2 Å². The molecule has 0 heterocycles. The van der Waals surface area contributed by atoms with Gasteiger partial charge in [0, 0.05) is 0 Å². The van der Waals surface area contributed by atoms with E-state index >= 15 is 0 Å². The summed E-state index contributed by atoms with van der Waals surface area (Å²) < 4.78 is 60.4. The maximum atomic E-state index is 10.7. The Morgan fingerprint density at radius 2 is 0.439 bits per heavy atom. The zero-order chi connectivity index (χ0) is 42.6. The van der Waals surface area contributed by atoms with Gasteiger partial charge in [0.05, 0.1) is 26.2 Å². The first-order chi connectivity index (χ1) is 27.5. The first-order valence-corrected chi connectivity index (χ1v) is 26.8. The van der Waals surface area contributed by atoms with Gasteiger partial charge >= 0.3 is 5.51 Å². The summed E-state index contributed by atoms with van der Waals surface area (Å²) in [4.78, 5) is 0. The van der Waals surface area contributed by atoms with Gasteiger partial charge in [-0.25, -0.2) is 8.42 Å². The van der Waals surface area contributed by atoms with Crippen molar-refractivity contribution >= 4 is 10.1 Å². The number of hydrogen-bond acceptors (Lipinski definition) is 3. The molecule has 0 spiro atoms. The Kier molecular flexibility index (Phi) is 45.1. The Morgan fingerprint density at radius 1 is 0.316 bits per heavy atom. The second-order valence-electron chi connectivity index (χ2n) is 17.9. The first-order valence-electron chi connectivity index (χ1n) is 25.4. The lowest BCUT2D eigenvalue weighted by Gasteiger charge is -2.40. The number of hydrogen-bond donors (Lipinski definition) is 0. The van der Waals surface area contributed by atoms with E-state index in [1.807, 2.05) is 0 Å². The van der Waals surface area contributed by atoms with Crippen LogP contribution in [0.2, 0.25) is 0 Å². The molecular weight excluding hydrogens is 740 g/mol. The molecule has 4 nitrogen and oxygen atoms in total. The van der Waals surface area contributed by atoms with E-state index in [0.29, 0.717) is 0 Å². The van der Waals surface area contributed by atoms with Crippen molar-refractivity contribution < 1.29 is 30.6 Å². The largest absolute Gasteiger partial charge is 0.741 e. The molecule has 0 atom stereocenters. The molecule has 0 aliphatic heterocycles. The van der Waals surface area contributed by atoms with E-state index in [1.165, 1.54) is 287 Å². The van der Waals surface area contributed by atoms with Gasteiger partial charge in [0.1, 0.15) is 0 Å². The summed E-state index contributed by atoms with van der Waals surface area (Å²) >= 11 is 0. The van der Waals surface area contributed by atoms with Crippen LogP contribution in [0, 0.1) is 0 Å². The maximum Gasteiger partial charge on any atom is 0.485 e. The monoisotopic (exact) mass is 840 g/mol. The van der Waals surface area contributed by atoms with Gasteiger partial charge in [-0.2, -0.15) is 13.2 Å². The number of halogens is 3. The van der Waals surface area contributed by atoms with E-state index in [4.69, 9.17) is 13.0 Å². The van der Waals surface area contributed by atoms with Crippen LogP contribution in [0.3, 0.4) is 0 Å². The normalized spacial score (nSPS) is 12.3. The zero-order valence-corrected chi connectivity index (χ0v) is 39.6. The molecule has 0 unspecified atom stereocenters. The fraction of sp³-hybridized carbons (Fsp3) is 1.00. The maximum absolute atomic E-state index is 10.7. The van der Waals surface area contributed by atoms with Gasteiger partial charge in [-0.05, 0) is 51.4 Å².